The molecule has 0 aromatic heterocycles. The van der Waals surface area contributed by atoms with Gasteiger partial charge in [0.15, 0.2) is 0 Å². The number of carbonyl (C=O) groups is 1. The van der Waals surface area contributed by atoms with Gasteiger partial charge in [-0.15, -0.1) is 0 Å². The van der Waals surface area contributed by atoms with Gasteiger partial charge in [0.05, 0.1) is 12.1 Å². The maximum Gasteiger partial charge on any atom is 0.231 e. The lowest BCUT2D eigenvalue weighted by Crippen LogP contribution is -2.32. The highest BCUT2D eigenvalue weighted by Crippen LogP contribution is 2.36. The van der Waals surface area contributed by atoms with Gasteiger partial charge >= 0.3 is 0 Å². The Kier molecular flexibility index (Phi) is 2.63. The van der Waals surface area contributed by atoms with Crippen LogP contribution in [0.4, 0.5) is 10.1 Å². The molecule has 15 heavy (non-hydrogen) atoms. The number of hydrogen-bond acceptors (Lipinski definition) is 2. The zero-order chi connectivity index (χ0) is 11.0. The molecule has 1 heterocycles. The van der Waals surface area contributed by atoms with Crippen molar-refractivity contribution in [2.75, 3.05) is 18.0 Å². The van der Waals surface area contributed by atoms with Gasteiger partial charge in [-0.25, -0.2) is 4.39 Å². The Labute approximate surface area is 91.6 Å². The topological polar surface area (TPSA) is 46.3 Å². The summed E-state index contributed by atoms with van der Waals surface area (Å²) in [5, 5.41) is 0.430. The lowest BCUT2D eigenvalue weighted by atomic mass is 10.1. The molecule has 0 aliphatic carbocycles. The molecule has 0 saturated heterocycles. The van der Waals surface area contributed by atoms with Crippen LogP contribution in [0, 0.1) is 5.82 Å². The predicted octanol–water partition coefficient (Wildman–Crippen LogP) is 1.33. The zero-order valence-electron chi connectivity index (χ0n) is 7.96. The Balaban J connectivity index is 2.52. The quantitative estimate of drug-likeness (QED) is 0.830. The monoisotopic (exact) mass is 228 g/mol. The van der Waals surface area contributed by atoms with Gasteiger partial charge in [0.25, 0.3) is 0 Å². The first kappa shape index (κ1) is 10.4. The number of amides is 1. The van der Waals surface area contributed by atoms with E-state index in [1.807, 2.05) is 0 Å². The van der Waals surface area contributed by atoms with Crippen LogP contribution < -0.4 is 10.6 Å². The number of benzene rings is 1. The van der Waals surface area contributed by atoms with Crippen LogP contribution in [-0.4, -0.2) is 19.0 Å². The third-order valence-corrected chi connectivity index (χ3v) is 2.78. The molecule has 2 N–H and O–H groups in total. The van der Waals surface area contributed by atoms with Crippen molar-refractivity contribution in [2.45, 2.75) is 6.42 Å². The molecule has 0 spiro atoms. The van der Waals surface area contributed by atoms with Gasteiger partial charge in [-0.2, -0.15) is 0 Å². The molecule has 5 heteroatoms. The van der Waals surface area contributed by atoms with Crippen LogP contribution in [0.25, 0.3) is 0 Å². The molecule has 1 amide bonds. The van der Waals surface area contributed by atoms with Crippen molar-refractivity contribution in [1.29, 1.82) is 0 Å². The van der Waals surface area contributed by atoms with E-state index in [4.69, 9.17) is 17.3 Å². The van der Waals surface area contributed by atoms with Gasteiger partial charge in [-0.3, -0.25) is 4.79 Å². The van der Waals surface area contributed by atoms with Gasteiger partial charge in [0.2, 0.25) is 5.91 Å². The third-order valence-electron chi connectivity index (χ3n) is 2.43. The Morgan fingerprint density at radius 3 is 2.93 bits per heavy atom. The Morgan fingerprint density at radius 1 is 1.53 bits per heavy atom. The summed E-state index contributed by atoms with van der Waals surface area (Å²) in [5.41, 5.74) is 6.22. The van der Waals surface area contributed by atoms with Crippen LogP contribution >= 0.6 is 11.6 Å². The smallest absolute Gasteiger partial charge is 0.231 e. The molecule has 2 rings (SSSR count). The van der Waals surface area contributed by atoms with E-state index in [0.717, 1.165) is 0 Å². The number of hydrogen-bond donors (Lipinski definition) is 1. The lowest BCUT2D eigenvalue weighted by Gasteiger charge is -2.16. The highest BCUT2D eigenvalue weighted by molar-refractivity contribution is 6.32. The van der Waals surface area contributed by atoms with Crippen LogP contribution in [0.15, 0.2) is 12.1 Å². The molecular weight excluding hydrogens is 219 g/mol. The van der Waals surface area contributed by atoms with Crippen LogP contribution in [0.3, 0.4) is 0 Å². The first-order valence-electron chi connectivity index (χ1n) is 4.62. The molecule has 0 radical (unpaired) electrons. The highest BCUT2D eigenvalue weighted by Gasteiger charge is 2.31. The molecule has 0 saturated carbocycles. The normalized spacial score (nSPS) is 14.6. The summed E-state index contributed by atoms with van der Waals surface area (Å²) in [6, 6.07) is 2.73. The number of fused-ring (bicyclic) bond motifs is 1. The maximum absolute atomic E-state index is 13.5. The van der Waals surface area contributed by atoms with Gasteiger partial charge < -0.3 is 10.6 Å². The van der Waals surface area contributed by atoms with E-state index in [9.17, 15) is 9.18 Å². The highest BCUT2D eigenvalue weighted by atomic mass is 35.5. The molecule has 0 fully saturated rings. The average molecular weight is 229 g/mol. The summed E-state index contributed by atoms with van der Waals surface area (Å²) in [7, 11) is 0. The minimum Gasteiger partial charge on any atom is -0.329 e. The summed E-state index contributed by atoms with van der Waals surface area (Å²) in [4.78, 5) is 12.9. The van der Waals surface area contributed by atoms with Gasteiger partial charge in [-0.05, 0) is 12.1 Å². The molecule has 1 aliphatic heterocycles. The minimum absolute atomic E-state index is 0.151. The van der Waals surface area contributed by atoms with Crippen molar-refractivity contribution < 1.29 is 9.18 Å². The van der Waals surface area contributed by atoms with Crippen molar-refractivity contribution in [3.05, 3.63) is 28.5 Å². The molecule has 1 aromatic carbocycles. The number of nitrogens with zero attached hydrogens (tertiary/aromatic N) is 1. The number of halogens is 2. The van der Waals surface area contributed by atoms with E-state index in [1.54, 1.807) is 0 Å². The second kappa shape index (κ2) is 3.79. The number of rotatable bonds is 2. The standard InChI is InChI=1S/C10H10ClFN2O/c11-7-1-2-8(12)10-6(7)5-9(15)14(10)4-3-13/h1-2H,3-5,13H2. The molecule has 0 bridgehead atoms. The SMILES string of the molecule is NCCN1C(=O)Cc2c(Cl)ccc(F)c21. The second-order valence-electron chi connectivity index (χ2n) is 3.37. The lowest BCUT2D eigenvalue weighted by molar-refractivity contribution is -0.117. The molecule has 0 unspecified atom stereocenters. The summed E-state index contributed by atoms with van der Waals surface area (Å²) in [6.07, 6.45) is 0.159. The number of anilines is 1. The van der Waals surface area contributed by atoms with Crippen LogP contribution in [-0.2, 0) is 11.2 Å². The predicted molar refractivity (Wildman–Crippen MR) is 56.5 cm³/mol. The fraction of sp³-hybridized carbons (Fsp3) is 0.300. The van der Waals surface area contributed by atoms with Gasteiger partial charge in [0.1, 0.15) is 5.82 Å². The summed E-state index contributed by atoms with van der Waals surface area (Å²) in [6.45, 7) is 0.625. The molecule has 1 aromatic rings. The largest absolute Gasteiger partial charge is 0.329 e. The molecule has 1 aliphatic rings. The first-order chi connectivity index (χ1) is 7.15. The molecule has 0 atom stereocenters. The average Bonchev–Trinajstić information content (AvgIpc) is 2.53. The van der Waals surface area contributed by atoms with E-state index in [1.165, 1.54) is 17.0 Å². The number of nitrogens with two attached hydrogens (primary N) is 1. The van der Waals surface area contributed by atoms with Crippen LogP contribution in [0.2, 0.25) is 5.02 Å². The van der Waals surface area contributed by atoms with E-state index >= 15 is 0 Å². The zero-order valence-corrected chi connectivity index (χ0v) is 8.72. The van der Waals surface area contributed by atoms with Crippen LogP contribution in [0.5, 0.6) is 0 Å². The fourth-order valence-electron chi connectivity index (χ4n) is 1.78. The van der Waals surface area contributed by atoms with E-state index in [-0.39, 0.29) is 18.0 Å². The van der Waals surface area contributed by atoms with Gasteiger partial charge in [0, 0.05) is 23.7 Å². The Bertz CT molecular complexity index is 422. The first-order valence-corrected chi connectivity index (χ1v) is 5.00. The van der Waals surface area contributed by atoms with Crippen molar-refractivity contribution in [1.82, 2.24) is 0 Å². The fourth-order valence-corrected chi connectivity index (χ4v) is 2.00. The van der Waals surface area contributed by atoms with Crippen LogP contribution in [0.1, 0.15) is 5.56 Å². The van der Waals surface area contributed by atoms with Crippen molar-refractivity contribution in [3.63, 3.8) is 0 Å². The minimum atomic E-state index is -0.422. The summed E-state index contributed by atoms with van der Waals surface area (Å²) >= 11 is 5.90. The van der Waals surface area contributed by atoms with E-state index in [0.29, 0.717) is 23.7 Å². The van der Waals surface area contributed by atoms with Crippen molar-refractivity contribution in [2.24, 2.45) is 5.73 Å². The molecular formula is C10H10ClFN2O. The number of carbonyl (C=O) groups excluding carboxylic acids is 1. The van der Waals surface area contributed by atoms with Crippen molar-refractivity contribution >= 4 is 23.2 Å². The maximum atomic E-state index is 13.5. The summed E-state index contributed by atoms with van der Waals surface area (Å²) in [5.74, 6) is -0.573. The van der Waals surface area contributed by atoms with Crippen molar-refractivity contribution in [3.8, 4) is 0 Å². The Morgan fingerprint density at radius 2 is 2.27 bits per heavy atom. The Hall–Kier alpha value is -1.13. The third kappa shape index (κ3) is 1.60. The summed E-state index contributed by atoms with van der Waals surface area (Å²) < 4.78 is 13.5. The molecule has 3 nitrogen and oxygen atoms in total. The van der Waals surface area contributed by atoms with Gasteiger partial charge in [-0.1, -0.05) is 11.6 Å². The second-order valence-corrected chi connectivity index (χ2v) is 3.77. The van der Waals surface area contributed by atoms with E-state index in [2.05, 4.69) is 0 Å². The van der Waals surface area contributed by atoms with E-state index < -0.39 is 5.82 Å². The molecule has 80 valence electrons.